The monoisotopic (exact) mass is 280 g/mol. The van der Waals surface area contributed by atoms with Gasteiger partial charge in [-0.15, -0.1) is 0 Å². The Bertz CT molecular complexity index is 392. The predicted octanol–water partition coefficient (Wildman–Crippen LogP) is 1.73. The molecule has 2 fully saturated rings. The van der Waals surface area contributed by atoms with E-state index in [2.05, 4.69) is 38.5 Å². The van der Waals surface area contributed by atoms with E-state index >= 15 is 0 Å². The molecular formula is C14H24N4S. The second kappa shape index (κ2) is 6.29. The molecule has 5 heteroatoms. The molecule has 3 rings (SSSR count). The van der Waals surface area contributed by atoms with Gasteiger partial charge in [-0.3, -0.25) is 9.80 Å². The van der Waals surface area contributed by atoms with Crippen LogP contribution < -0.4 is 0 Å². The van der Waals surface area contributed by atoms with Crippen molar-refractivity contribution in [3.05, 3.63) is 17.7 Å². The van der Waals surface area contributed by atoms with Crippen LogP contribution in [0, 0.1) is 6.92 Å². The zero-order chi connectivity index (χ0) is 13.1. The van der Waals surface area contributed by atoms with Crippen LogP contribution in [0.3, 0.4) is 0 Å². The van der Waals surface area contributed by atoms with Gasteiger partial charge in [0.05, 0.1) is 12.0 Å². The van der Waals surface area contributed by atoms with Crippen LogP contribution in [-0.2, 0) is 6.54 Å². The molecule has 0 bridgehead atoms. The Morgan fingerprint density at radius 3 is 2.63 bits per heavy atom. The van der Waals surface area contributed by atoms with Crippen molar-refractivity contribution < 1.29 is 0 Å². The molecule has 2 aliphatic heterocycles. The number of aromatic amines is 1. The maximum atomic E-state index is 4.41. The van der Waals surface area contributed by atoms with E-state index in [0.717, 1.165) is 12.6 Å². The van der Waals surface area contributed by atoms with Crippen molar-refractivity contribution in [2.24, 2.45) is 0 Å². The molecule has 2 aliphatic rings. The number of nitrogens with one attached hydrogen (secondary N) is 1. The third kappa shape index (κ3) is 3.33. The molecule has 106 valence electrons. The Labute approximate surface area is 120 Å². The number of imidazole rings is 1. The number of aromatic nitrogens is 2. The molecule has 0 spiro atoms. The summed E-state index contributed by atoms with van der Waals surface area (Å²) in [4.78, 5) is 12.8. The first-order valence-electron chi connectivity index (χ1n) is 7.36. The standard InChI is InChI=1S/C14H24N4S/c1-12-14(16-11-15-12)10-17-4-6-18(7-5-17)13-2-8-19-9-3-13/h11,13H,2-10H2,1H3,(H,15,16). The Hall–Kier alpha value is -0.520. The molecule has 1 N–H and O–H groups in total. The summed E-state index contributed by atoms with van der Waals surface area (Å²) in [6, 6.07) is 0.857. The molecule has 1 aromatic heterocycles. The summed E-state index contributed by atoms with van der Waals surface area (Å²) < 4.78 is 0. The average Bonchev–Trinajstić information content (AvgIpc) is 2.86. The van der Waals surface area contributed by atoms with Crippen LogP contribution in [0.4, 0.5) is 0 Å². The van der Waals surface area contributed by atoms with Crippen molar-refractivity contribution in [2.45, 2.75) is 32.4 Å². The van der Waals surface area contributed by atoms with Gasteiger partial charge in [-0.2, -0.15) is 11.8 Å². The van der Waals surface area contributed by atoms with Crippen molar-refractivity contribution in [1.29, 1.82) is 0 Å². The Balaban J connectivity index is 1.48. The number of H-pyrrole nitrogens is 1. The molecule has 3 heterocycles. The number of nitrogens with zero attached hydrogens (tertiary/aromatic N) is 3. The fourth-order valence-electron chi connectivity index (χ4n) is 3.10. The summed E-state index contributed by atoms with van der Waals surface area (Å²) >= 11 is 2.12. The molecule has 0 atom stereocenters. The highest BCUT2D eigenvalue weighted by atomic mass is 32.2. The summed E-state index contributed by atoms with van der Waals surface area (Å²) in [6.07, 6.45) is 4.59. The highest BCUT2D eigenvalue weighted by Crippen LogP contribution is 2.23. The third-order valence-corrected chi connectivity index (χ3v) is 5.47. The maximum absolute atomic E-state index is 4.41. The van der Waals surface area contributed by atoms with E-state index in [1.165, 1.54) is 61.9 Å². The fraction of sp³-hybridized carbons (Fsp3) is 0.786. The number of thioether (sulfide) groups is 1. The minimum Gasteiger partial charge on any atom is -0.348 e. The van der Waals surface area contributed by atoms with Gasteiger partial charge in [-0.1, -0.05) is 0 Å². The van der Waals surface area contributed by atoms with Crippen molar-refractivity contribution in [1.82, 2.24) is 19.8 Å². The van der Waals surface area contributed by atoms with E-state index in [1.807, 2.05) is 0 Å². The topological polar surface area (TPSA) is 35.2 Å². The normalized spacial score (nSPS) is 23.8. The molecular weight excluding hydrogens is 256 g/mol. The lowest BCUT2D eigenvalue weighted by Gasteiger charge is -2.40. The van der Waals surface area contributed by atoms with Gasteiger partial charge in [0.2, 0.25) is 0 Å². The summed E-state index contributed by atoms with van der Waals surface area (Å²) in [7, 11) is 0. The molecule has 0 radical (unpaired) electrons. The number of hydrogen-bond acceptors (Lipinski definition) is 4. The van der Waals surface area contributed by atoms with Gasteiger partial charge in [-0.05, 0) is 31.3 Å². The number of aryl methyl sites for hydroxylation is 1. The predicted molar refractivity (Wildman–Crippen MR) is 80.5 cm³/mol. The van der Waals surface area contributed by atoms with Gasteiger partial charge >= 0.3 is 0 Å². The van der Waals surface area contributed by atoms with Crippen molar-refractivity contribution in [2.75, 3.05) is 37.7 Å². The van der Waals surface area contributed by atoms with Crippen LogP contribution in [0.15, 0.2) is 6.33 Å². The minimum absolute atomic E-state index is 0.857. The van der Waals surface area contributed by atoms with E-state index in [9.17, 15) is 0 Å². The maximum Gasteiger partial charge on any atom is 0.0925 e. The highest BCUT2D eigenvalue weighted by molar-refractivity contribution is 7.99. The molecule has 0 aromatic carbocycles. The first kappa shape index (κ1) is 13.5. The molecule has 2 saturated heterocycles. The number of hydrogen-bond donors (Lipinski definition) is 1. The largest absolute Gasteiger partial charge is 0.348 e. The Morgan fingerprint density at radius 2 is 2.00 bits per heavy atom. The Morgan fingerprint density at radius 1 is 1.26 bits per heavy atom. The summed E-state index contributed by atoms with van der Waals surface area (Å²) in [5.74, 6) is 2.72. The van der Waals surface area contributed by atoms with Crippen LogP contribution in [0.2, 0.25) is 0 Å². The minimum atomic E-state index is 0.857. The van der Waals surface area contributed by atoms with Crippen LogP contribution >= 0.6 is 11.8 Å². The average molecular weight is 280 g/mol. The van der Waals surface area contributed by atoms with E-state index < -0.39 is 0 Å². The summed E-state index contributed by atoms with van der Waals surface area (Å²) in [6.45, 7) is 7.96. The van der Waals surface area contributed by atoms with E-state index in [4.69, 9.17) is 0 Å². The highest BCUT2D eigenvalue weighted by Gasteiger charge is 2.25. The van der Waals surface area contributed by atoms with Crippen LogP contribution in [0.1, 0.15) is 24.2 Å². The zero-order valence-electron chi connectivity index (χ0n) is 11.8. The van der Waals surface area contributed by atoms with E-state index in [-0.39, 0.29) is 0 Å². The zero-order valence-corrected chi connectivity index (χ0v) is 12.6. The third-order valence-electron chi connectivity index (χ3n) is 4.42. The quantitative estimate of drug-likeness (QED) is 0.914. The SMILES string of the molecule is Cc1[nH]cnc1CN1CCN(C2CCSCC2)CC1. The lowest BCUT2D eigenvalue weighted by atomic mass is 10.1. The second-order valence-electron chi connectivity index (χ2n) is 5.63. The van der Waals surface area contributed by atoms with E-state index in [1.54, 1.807) is 6.33 Å². The molecule has 0 saturated carbocycles. The molecule has 19 heavy (non-hydrogen) atoms. The van der Waals surface area contributed by atoms with Gasteiger partial charge in [0, 0.05) is 44.5 Å². The van der Waals surface area contributed by atoms with Crippen LogP contribution in [-0.4, -0.2) is 63.5 Å². The molecule has 1 aromatic rings. The molecule has 4 nitrogen and oxygen atoms in total. The van der Waals surface area contributed by atoms with Gasteiger partial charge in [0.25, 0.3) is 0 Å². The number of rotatable bonds is 3. The first-order valence-corrected chi connectivity index (χ1v) is 8.51. The van der Waals surface area contributed by atoms with Crippen molar-refractivity contribution in [3.63, 3.8) is 0 Å². The lowest BCUT2D eigenvalue weighted by molar-refractivity contribution is 0.0872. The summed E-state index contributed by atoms with van der Waals surface area (Å²) in [5, 5.41) is 0. The van der Waals surface area contributed by atoms with Gasteiger partial charge in [0.15, 0.2) is 0 Å². The lowest BCUT2D eigenvalue weighted by Crippen LogP contribution is -2.50. The van der Waals surface area contributed by atoms with E-state index in [0.29, 0.717) is 0 Å². The second-order valence-corrected chi connectivity index (χ2v) is 6.85. The Kier molecular flexibility index (Phi) is 4.45. The number of piperazine rings is 1. The summed E-state index contributed by atoms with van der Waals surface area (Å²) in [5.41, 5.74) is 2.43. The molecule has 0 amide bonds. The first-order chi connectivity index (χ1) is 9.33. The smallest absolute Gasteiger partial charge is 0.0925 e. The van der Waals surface area contributed by atoms with Crippen molar-refractivity contribution in [3.8, 4) is 0 Å². The van der Waals surface area contributed by atoms with Gasteiger partial charge in [0.1, 0.15) is 0 Å². The van der Waals surface area contributed by atoms with Gasteiger partial charge < -0.3 is 4.98 Å². The van der Waals surface area contributed by atoms with Crippen LogP contribution in [0.5, 0.6) is 0 Å². The molecule has 0 aliphatic carbocycles. The van der Waals surface area contributed by atoms with Crippen LogP contribution in [0.25, 0.3) is 0 Å². The van der Waals surface area contributed by atoms with Crippen molar-refractivity contribution >= 4 is 11.8 Å². The fourth-order valence-corrected chi connectivity index (χ4v) is 4.18. The van der Waals surface area contributed by atoms with Gasteiger partial charge in [-0.25, -0.2) is 4.98 Å². The molecule has 0 unspecified atom stereocenters.